The number of aromatic nitrogens is 2. The van der Waals surface area contributed by atoms with Crippen LogP contribution in [0.2, 0.25) is 0 Å². The van der Waals surface area contributed by atoms with E-state index in [0.29, 0.717) is 12.0 Å². The normalized spacial score (nSPS) is 14.7. The van der Waals surface area contributed by atoms with E-state index in [0.717, 1.165) is 37.7 Å². The fourth-order valence-corrected chi connectivity index (χ4v) is 3.76. The highest BCUT2D eigenvalue weighted by Crippen LogP contribution is 2.14. The van der Waals surface area contributed by atoms with E-state index < -0.39 is 0 Å². The molecule has 27 heavy (non-hydrogen) atoms. The number of hydrogen-bond donors (Lipinski definition) is 2. The summed E-state index contributed by atoms with van der Waals surface area (Å²) in [6, 6.07) is 0.812. The summed E-state index contributed by atoms with van der Waals surface area (Å²) in [5.74, 6) is 1.56. The van der Waals surface area contributed by atoms with E-state index in [9.17, 15) is 0 Å². The SMILES string of the molecule is CCN(CC)C(CNC(=NC)NC(C)Cc1c(C)nn(C)c1C)CC(C)C. The maximum absolute atomic E-state index is 4.53. The standard InChI is InChI=1S/C21H42N6/c1-10-27(11-2)19(12-15(3)4)14-23-21(22-8)24-16(5)13-20-17(6)25-26(9)18(20)7/h15-16,19H,10-14H2,1-9H3,(H2,22,23,24). The van der Waals surface area contributed by atoms with E-state index in [2.05, 4.69) is 74.1 Å². The lowest BCUT2D eigenvalue weighted by Gasteiger charge is -2.32. The van der Waals surface area contributed by atoms with Gasteiger partial charge in [0.15, 0.2) is 5.96 Å². The van der Waals surface area contributed by atoms with Gasteiger partial charge in [-0.25, -0.2) is 0 Å². The van der Waals surface area contributed by atoms with Gasteiger partial charge in [-0.1, -0.05) is 27.7 Å². The molecule has 0 spiro atoms. The third-order valence-corrected chi connectivity index (χ3v) is 5.35. The van der Waals surface area contributed by atoms with Crippen LogP contribution in [-0.4, -0.2) is 59.4 Å². The first-order valence-electron chi connectivity index (χ1n) is 10.4. The van der Waals surface area contributed by atoms with Gasteiger partial charge in [0.1, 0.15) is 0 Å². The van der Waals surface area contributed by atoms with Crippen LogP contribution < -0.4 is 10.6 Å². The number of aliphatic imine (C=N–C) groups is 1. The second-order valence-electron chi connectivity index (χ2n) is 7.98. The summed E-state index contributed by atoms with van der Waals surface area (Å²) < 4.78 is 1.96. The highest BCUT2D eigenvalue weighted by atomic mass is 15.3. The first-order valence-corrected chi connectivity index (χ1v) is 10.4. The molecule has 0 aliphatic carbocycles. The van der Waals surface area contributed by atoms with Crippen molar-refractivity contribution in [1.29, 1.82) is 0 Å². The Hall–Kier alpha value is -1.56. The minimum absolute atomic E-state index is 0.287. The van der Waals surface area contributed by atoms with E-state index in [4.69, 9.17) is 0 Å². The lowest BCUT2D eigenvalue weighted by molar-refractivity contribution is 0.191. The predicted molar refractivity (Wildman–Crippen MR) is 117 cm³/mol. The molecular weight excluding hydrogens is 336 g/mol. The fraction of sp³-hybridized carbons (Fsp3) is 0.810. The molecule has 1 heterocycles. The van der Waals surface area contributed by atoms with Crippen LogP contribution in [0.15, 0.2) is 4.99 Å². The van der Waals surface area contributed by atoms with Gasteiger partial charge in [-0.05, 0) is 58.2 Å². The molecule has 1 aromatic heterocycles. The van der Waals surface area contributed by atoms with Crippen molar-refractivity contribution in [2.45, 2.75) is 73.4 Å². The van der Waals surface area contributed by atoms with Gasteiger partial charge in [0.05, 0.1) is 5.69 Å². The van der Waals surface area contributed by atoms with Gasteiger partial charge in [0, 0.05) is 38.4 Å². The molecule has 2 atom stereocenters. The van der Waals surface area contributed by atoms with Gasteiger partial charge in [0.25, 0.3) is 0 Å². The minimum Gasteiger partial charge on any atom is -0.355 e. The van der Waals surface area contributed by atoms with Gasteiger partial charge in [-0.3, -0.25) is 14.6 Å². The molecule has 1 rings (SSSR count). The van der Waals surface area contributed by atoms with Crippen molar-refractivity contribution >= 4 is 5.96 Å². The van der Waals surface area contributed by atoms with Crippen LogP contribution in [0.4, 0.5) is 0 Å². The van der Waals surface area contributed by atoms with Crippen LogP contribution in [0, 0.1) is 19.8 Å². The number of guanidine groups is 1. The lowest BCUT2D eigenvalue weighted by Crippen LogP contribution is -2.49. The highest BCUT2D eigenvalue weighted by Gasteiger charge is 2.18. The first-order chi connectivity index (χ1) is 12.7. The van der Waals surface area contributed by atoms with Gasteiger partial charge >= 0.3 is 0 Å². The monoisotopic (exact) mass is 378 g/mol. The molecule has 0 aliphatic heterocycles. The first kappa shape index (κ1) is 23.5. The molecule has 156 valence electrons. The number of nitrogens with zero attached hydrogens (tertiary/aromatic N) is 4. The van der Waals surface area contributed by atoms with Crippen molar-refractivity contribution in [3.05, 3.63) is 17.0 Å². The molecule has 0 aromatic carbocycles. The second-order valence-corrected chi connectivity index (χ2v) is 7.98. The molecule has 2 unspecified atom stereocenters. The fourth-order valence-electron chi connectivity index (χ4n) is 3.76. The number of rotatable bonds is 10. The molecule has 1 aromatic rings. The average molecular weight is 379 g/mol. The summed E-state index contributed by atoms with van der Waals surface area (Å²) in [4.78, 5) is 6.97. The van der Waals surface area contributed by atoms with E-state index in [1.165, 1.54) is 17.7 Å². The Morgan fingerprint density at radius 3 is 2.26 bits per heavy atom. The molecular formula is C21H42N6. The average Bonchev–Trinajstić information content (AvgIpc) is 2.84. The summed E-state index contributed by atoms with van der Waals surface area (Å²) in [5, 5.41) is 11.6. The largest absolute Gasteiger partial charge is 0.355 e. The third kappa shape index (κ3) is 7.17. The van der Waals surface area contributed by atoms with E-state index in [-0.39, 0.29) is 6.04 Å². The Labute approximate surface area is 166 Å². The molecule has 0 bridgehead atoms. The quantitative estimate of drug-likeness (QED) is 0.485. The molecule has 2 N–H and O–H groups in total. The van der Waals surface area contributed by atoms with Crippen molar-refractivity contribution in [3.63, 3.8) is 0 Å². The molecule has 0 aliphatic rings. The van der Waals surface area contributed by atoms with Crippen molar-refractivity contribution < 1.29 is 0 Å². The zero-order valence-electron chi connectivity index (χ0n) is 19.1. The highest BCUT2D eigenvalue weighted by molar-refractivity contribution is 5.80. The topological polar surface area (TPSA) is 57.5 Å². The van der Waals surface area contributed by atoms with Crippen LogP contribution >= 0.6 is 0 Å². The van der Waals surface area contributed by atoms with Crippen LogP contribution in [0.5, 0.6) is 0 Å². The summed E-state index contributed by atoms with van der Waals surface area (Å²) in [6.45, 7) is 18.6. The predicted octanol–water partition coefficient (Wildman–Crippen LogP) is 2.89. The van der Waals surface area contributed by atoms with Crippen LogP contribution in [0.1, 0.15) is 58.0 Å². The van der Waals surface area contributed by atoms with Crippen LogP contribution in [0.3, 0.4) is 0 Å². The third-order valence-electron chi connectivity index (χ3n) is 5.35. The molecule has 6 heteroatoms. The molecule has 6 nitrogen and oxygen atoms in total. The Kier molecular flexibility index (Phi) is 9.84. The smallest absolute Gasteiger partial charge is 0.191 e. The van der Waals surface area contributed by atoms with Gasteiger partial charge < -0.3 is 10.6 Å². The number of likely N-dealkylation sites (N-methyl/N-ethyl adjacent to an activating group) is 1. The van der Waals surface area contributed by atoms with Crippen molar-refractivity contribution in [3.8, 4) is 0 Å². The van der Waals surface area contributed by atoms with E-state index in [1.54, 1.807) is 0 Å². The number of nitrogens with one attached hydrogen (secondary N) is 2. The Morgan fingerprint density at radius 2 is 1.81 bits per heavy atom. The van der Waals surface area contributed by atoms with E-state index >= 15 is 0 Å². The van der Waals surface area contributed by atoms with E-state index in [1.807, 2.05) is 18.8 Å². The molecule has 0 fully saturated rings. The maximum Gasteiger partial charge on any atom is 0.191 e. The van der Waals surface area contributed by atoms with Gasteiger partial charge in [-0.2, -0.15) is 5.10 Å². The molecule has 0 saturated carbocycles. The van der Waals surface area contributed by atoms with Gasteiger partial charge in [0.2, 0.25) is 0 Å². The second kappa shape index (κ2) is 11.3. The Balaban J connectivity index is 2.66. The van der Waals surface area contributed by atoms with Gasteiger partial charge in [-0.15, -0.1) is 0 Å². The number of hydrogen-bond acceptors (Lipinski definition) is 3. The lowest BCUT2D eigenvalue weighted by atomic mass is 10.0. The summed E-state index contributed by atoms with van der Waals surface area (Å²) >= 11 is 0. The Bertz CT molecular complexity index is 586. The minimum atomic E-state index is 0.287. The number of aryl methyl sites for hydroxylation is 2. The Morgan fingerprint density at radius 1 is 1.19 bits per heavy atom. The molecule has 0 saturated heterocycles. The summed E-state index contributed by atoms with van der Waals surface area (Å²) in [6.07, 6.45) is 2.13. The zero-order chi connectivity index (χ0) is 20.6. The van der Waals surface area contributed by atoms with Crippen molar-refractivity contribution in [2.24, 2.45) is 18.0 Å². The summed E-state index contributed by atoms with van der Waals surface area (Å²) in [5.41, 5.74) is 3.68. The maximum atomic E-state index is 4.53. The molecule has 0 radical (unpaired) electrons. The van der Waals surface area contributed by atoms with Crippen molar-refractivity contribution in [1.82, 2.24) is 25.3 Å². The van der Waals surface area contributed by atoms with Crippen molar-refractivity contribution in [2.75, 3.05) is 26.7 Å². The van der Waals surface area contributed by atoms with Crippen LogP contribution in [0.25, 0.3) is 0 Å². The summed E-state index contributed by atoms with van der Waals surface area (Å²) in [7, 11) is 3.85. The molecule has 0 amide bonds. The van der Waals surface area contributed by atoms with Crippen LogP contribution in [-0.2, 0) is 13.5 Å². The zero-order valence-corrected chi connectivity index (χ0v) is 19.1.